The monoisotopic (exact) mass is 387 g/mol. The molecular weight excluding hydrogens is 358 g/mol. The van der Waals surface area contributed by atoms with Crippen molar-refractivity contribution in [2.24, 2.45) is 0 Å². The van der Waals surface area contributed by atoms with Gasteiger partial charge in [-0.05, 0) is 58.2 Å². The predicted octanol–water partition coefficient (Wildman–Crippen LogP) is 4.34. The number of hydrogen-bond acceptors (Lipinski definition) is 3. The van der Waals surface area contributed by atoms with Crippen molar-refractivity contribution in [3.05, 3.63) is 65.7 Å². The summed E-state index contributed by atoms with van der Waals surface area (Å²) >= 11 is 0. The molecular formula is C22H29NO3S. The highest BCUT2D eigenvalue weighted by molar-refractivity contribution is 7.83. The molecule has 0 aromatic heterocycles. The van der Waals surface area contributed by atoms with E-state index in [1.165, 1.54) is 5.56 Å². The summed E-state index contributed by atoms with van der Waals surface area (Å²) in [5, 5.41) is 0. The molecule has 0 radical (unpaired) electrons. The Morgan fingerprint density at radius 3 is 2.30 bits per heavy atom. The number of carbonyl (C=O) groups is 1. The molecule has 0 amide bonds. The molecule has 0 aliphatic rings. The van der Waals surface area contributed by atoms with E-state index in [-0.39, 0.29) is 18.4 Å². The highest BCUT2D eigenvalue weighted by atomic mass is 32.2. The molecule has 0 saturated heterocycles. The molecule has 0 spiro atoms. The number of esters is 1. The summed E-state index contributed by atoms with van der Waals surface area (Å²) in [6, 6.07) is 17.4. The second kappa shape index (κ2) is 9.81. The van der Waals surface area contributed by atoms with Gasteiger partial charge in [0.15, 0.2) is 0 Å². The summed E-state index contributed by atoms with van der Waals surface area (Å²) in [5.41, 5.74) is 1.77. The van der Waals surface area contributed by atoms with Crippen LogP contribution in [0.4, 0.5) is 0 Å². The largest absolute Gasteiger partial charge is 0.460 e. The van der Waals surface area contributed by atoms with Gasteiger partial charge in [-0.3, -0.25) is 4.79 Å². The maximum atomic E-state index is 12.7. The third-order valence-corrected chi connectivity index (χ3v) is 5.21. The molecule has 2 atom stereocenters. The van der Waals surface area contributed by atoms with Crippen LogP contribution in [0.3, 0.4) is 0 Å². The van der Waals surface area contributed by atoms with Gasteiger partial charge in [-0.25, -0.2) is 8.93 Å². The lowest BCUT2D eigenvalue weighted by Gasteiger charge is -2.23. The highest BCUT2D eigenvalue weighted by Gasteiger charge is 2.22. The van der Waals surface area contributed by atoms with E-state index in [1.54, 1.807) is 0 Å². The molecule has 146 valence electrons. The molecule has 0 heterocycles. The van der Waals surface area contributed by atoms with Crippen LogP contribution in [0.1, 0.15) is 44.7 Å². The second-order valence-electron chi connectivity index (χ2n) is 7.71. The van der Waals surface area contributed by atoms with Crippen molar-refractivity contribution in [3.63, 3.8) is 0 Å². The average molecular weight is 388 g/mol. The van der Waals surface area contributed by atoms with Gasteiger partial charge < -0.3 is 4.74 Å². The van der Waals surface area contributed by atoms with Gasteiger partial charge in [0.05, 0.1) is 11.3 Å². The van der Waals surface area contributed by atoms with Crippen molar-refractivity contribution in [1.29, 1.82) is 0 Å². The van der Waals surface area contributed by atoms with Gasteiger partial charge in [0.25, 0.3) is 0 Å². The van der Waals surface area contributed by atoms with Crippen LogP contribution in [0.5, 0.6) is 0 Å². The van der Waals surface area contributed by atoms with Gasteiger partial charge in [-0.15, -0.1) is 0 Å². The summed E-state index contributed by atoms with van der Waals surface area (Å²) in [6.45, 7) is 7.54. The number of benzene rings is 2. The molecule has 2 rings (SSSR count). The fourth-order valence-electron chi connectivity index (χ4n) is 2.65. The Morgan fingerprint density at radius 2 is 1.70 bits per heavy atom. The van der Waals surface area contributed by atoms with Crippen LogP contribution in [0.25, 0.3) is 0 Å². The van der Waals surface area contributed by atoms with Crippen LogP contribution in [0.15, 0.2) is 59.5 Å². The Morgan fingerprint density at radius 1 is 1.07 bits per heavy atom. The van der Waals surface area contributed by atoms with E-state index in [9.17, 15) is 9.00 Å². The first-order valence-corrected chi connectivity index (χ1v) is 10.4. The lowest BCUT2D eigenvalue weighted by atomic mass is 10.0. The molecule has 0 aliphatic heterocycles. The smallest absolute Gasteiger partial charge is 0.307 e. The quantitative estimate of drug-likeness (QED) is 0.686. The van der Waals surface area contributed by atoms with Gasteiger partial charge in [0.2, 0.25) is 0 Å². The van der Waals surface area contributed by atoms with Gasteiger partial charge in [-0.1, -0.05) is 48.0 Å². The molecule has 2 aromatic carbocycles. The molecule has 0 saturated carbocycles. The summed E-state index contributed by atoms with van der Waals surface area (Å²) in [7, 11) is -1.38. The molecule has 27 heavy (non-hydrogen) atoms. The maximum absolute atomic E-state index is 12.7. The number of nitrogens with one attached hydrogen (secondary N) is 1. The lowest BCUT2D eigenvalue weighted by molar-refractivity contribution is -0.155. The molecule has 0 fully saturated rings. The number of aryl methyl sites for hydroxylation is 2. The van der Waals surface area contributed by atoms with Crippen LogP contribution < -0.4 is 4.72 Å². The summed E-state index contributed by atoms with van der Waals surface area (Å²) in [4.78, 5) is 13.0. The first-order chi connectivity index (χ1) is 12.7. The topological polar surface area (TPSA) is 55.4 Å². The van der Waals surface area contributed by atoms with Crippen molar-refractivity contribution < 1.29 is 13.7 Å². The summed E-state index contributed by atoms with van der Waals surface area (Å²) < 4.78 is 21.2. The standard InChI is InChI=1S/C22H29NO3S/c1-17-10-14-20(15-11-17)27(25)23-19(16-21(24)26-22(2,3)4)13-12-18-8-6-5-7-9-18/h5-11,14-15,19,23H,12-13,16H2,1-4H3/t19-,27?/m0/s1. The molecule has 1 N–H and O–H groups in total. The zero-order chi connectivity index (χ0) is 19.9. The fraction of sp³-hybridized carbons (Fsp3) is 0.409. The van der Waals surface area contributed by atoms with Crippen LogP contribution >= 0.6 is 0 Å². The zero-order valence-corrected chi connectivity index (χ0v) is 17.3. The molecule has 1 unspecified atom stereocenters. The first kappa shape index (κ1) is 21.3. The van der Waals surface area contributed by atoms with Crippen LogP contribution in [-0.4, -0.2) is 21.8 Å². The Kier molecular flexibility index (Phi) is 7.75. The Balaban J connectivity index is 2.04. The SMILES string of the molecule is Cc1ccc(S(=O)N[C@@H](CCc2ccccc2)CC(=O)OC(C)(C)C)cc1. The van der Waals surface area contributed by atoms with Crippen LogP contribution in [-0.2, 0) is 26.9 Å². The predicted molar refractivity (Wildman–Crippen MR) is 110 cm³/mol. The Hall–Kier alpha value is -1.98. The van der Waals surface area contributed by atoms with E-state index in [1.807, 2.05) is 70.2 Å². The third kappa shape index (κ3) is 8.06. The van der Waals surface area contributed by atoms with Gasteiger partial charge in [0.1, 0.15) is 16.6 Å². The summed E-state index contributed by atoms with van der Waals surface area (Å²) in [5.74, 6) is -0.283. The third-order valence-electron chi connectivity index (χ3n) is 3.97. The number of ether oxygens (including phenoxy) is 1. The van der Waals surface area contributed by atoms with Gasteiger partial charge in [-0.2, -0.15) is 0 Å². The number of carbonyl (C=O) groups excluding carboxylic acids is 1. The average Bonchev–Trinajstić information content (AvgIpc) is 2.59. The fourth-order valence-corrected chi connectivity index (χ4v) is 3.68. The Bertz CT molecular complexity index is 751. The second-order valence-corrected chi connectivity index (χ2v) is 8.96. The molecule has 5 heteroatoms. The van der Waals surface area contributed by atoms with Crippen LogP contribution in [0.2, 0.25) is 0 Å². The minimum Gasteiger partial charge on any atom is -0.460 e. The van der Waals surface area contributed by atoms with Crippen molar-refractivity contribution in [1.82, 2.24) is 4.72 Å². The molecule has 4 nitrogen and oxygen atoms in total. The van der Waals surface area contributed by atoms with Crippen molar-refractivity contribution in [3.8, 4) is 0 Å². The lowest BCUT2D eigenvalue weighted by Crippen LogP contribution is -2.35. The van der Waals surface area contributed by atoms with E-state index in [2.05, 4.69) is 16.9 Å². The normalized spacial score (nSPS) is 13.8. The minimum atomic E-state index is -1.38. The van der Waals surface area contributed by atoms with Gasteiger partial charge in [0, 0.05) is 6.04 Å². The van der Waals surface area contributed by atoms with E-state index < -0.39 is 16.6 Å². The van der Waals surface area contributed by atoms with Crippen LogP contribution in [0, 0.1) is 6.92 Å². The first-order valence-electron chi connectivity index (χ1n) is 9.23. The van der Waals surface area contributed by atoms with Crippen molar-refractivity contribution >= 4 is 17.0 Å². The van der Waals surface area contributed by atoms with E-state index in [0.29, 0.717) is 11.3 Å². The van der Waals surface area contributed by atoms with Gasteiger partial charge >= 0.3 is 5.97 Å². The van der Waals surface area contributed by atoms with Crippen molar-refractivity contribution in [2.75, 3.05) is 0 Å². The van der Waals surface area contributed by atoms with E-state index in [4.69, 9.17) is 4.74 Å². The summed E-state index contributed by atoms with van der Waals surface area (Å²) in [6.07, 6.45) is 1.68. The van der Waals surface area contributed by atoms with Crippen molar-refractivity contribution in [2.45, 2.75) is 63.5 Å². The number of rotatable bonds is 8. The maximum Gasteiger partial charge on any atom is 0.307 e. The van der Waals surface area contributed by atoms with E-state index >= 15 is 0 Å². The Labute approximate surface area is 164 Å². The number of hydrogen-bond donors (Lipinski definition) is 1. The molecule has 0 bridgehead atoms. The minimum absolute atomic E-state index is 0.182. The zero-order valence-electron chi connectivity index (χ0n) is 16.5. The van der Waals surface area contributed by atoms with E-state index in [0.717, 1.165) is 12.0 Å². The molecule has 0 aliphatic carbocycles. The molecule has 2 aromatic rings. The highest BCUT2D eigenvalue weighted by Crippen LogP contribution is 2.15.